The first-order chi connectivity index (χ1) is 11.6. The Bertz CT molecular complexity index is 1010. The van der Waals surface area contributed by atoms with Gasteiger partial charge in [0.25, 0.3) is 10.0 Å². The molecule has 2 aliphatic rings. The molecule has 120 valence electrons. The van der Waals surface area contributed by atoms with E-state index >= 15 is 0 Å². The lowest BCUT2D eigenvalue weighted by molar-refractivity contribution is 0.353. The Labute approximate surface area is 139 Å². The zero-order valence-electron chi connectivity index (χ0n) is 12.5. The number of nitrogens with zero attached hydrogens (tertiary/aromatic N) is 2. The highest BCUT2D eigenvalue weighted by molar-refractivity contribution is 7.90. The summed E-state index contributed by atoms with van der Waals surface area (Å²) in [7, 11) is -3.64. The quantitative estimate of drug-likeness (QED) is 0.672. The summed E-state index contributed by atoms with van der Waals surface area (Å²) in [5, 5.41) is 4.10. The second-order valence-electron chi connectivity index (χ2n) is 5.33. The van der Waals surface area contributed by atoms with Gasteiger partial charge in [-0.25, -0.2) is 0 Å². The van der Waals surface area contributed by atoms with Gasteiger partial charge in [0, 0.05) is 16.7 Å². The molecule has 6 nitrogen and oxygen atoms in total. The monoisotopic (exact) mass is 339 g/mol. The zero-order valence-corrected chi connectivity index (χ0v) is 13.3. The fourth-order valence-electron chi connectivity index (χ4n) is 2.57. The summed E-state index contributed by atoms with van der Waals surface area (Å²) in [5.41, 5.74) is 5.08. The van der Waals surface area contributed by atoms with Crippen molar-refractivity contribution >= 4 is 28.1 Å². The zero-order chi connectivity index (χ0) is 16.6. The second-order valence-corrected chi connectivity index (χ2v) is 6.90. The maximum absolute atomic E-state index is 12.0. The van der Waals surface area contributed by atoms with Crippen LogP contribution >= 0.6 is 0 Å². The number of fused-ring (bicyclic) bond motifs is 2. The molecule has 4 rings (SSSR count). The van der Waals surface area contributed by atoms with E-state index in [-0.39, 0.29) is 10.7 Å². The van der Waals surface area contributed by atoms with Crippen LogP contribution in [0.4, 0.5) is 0 Å². The van der Waals surface area contributed by atoms with Crippen molar-refractivity contribution in [3.63, 3.8) is 0 Å². The number of hydrogen-bond acceptors (Lipinski definition) is 5. The van der Waals surface area contributed by atoms with Gasteiger partial charge in [0.1, 0.15) is 17.3 Å². The predicted molar refractivity (Wildman–Crippen MR) is 91.7 cm³/mol. The highest BCUT2D eigenvalue weighted by Crippen LogP contribution is 2.26. The molecule has 1 N–H and O–H groups in total. The second kappa shape index (κ2) is 5.61. The number of nitrogens with one attached hydrogen (secondary N) is 1. The number of para-hydroxylation sites is 1. The largest absolute Gasteiger partial charge is 0.488 e. The van der Waals surface area contributed by atoms with Crippen molar-refractivity contribution in [2.45, 2.75) is 4.90 Å². The van der Waals surface area contributed by atoms with Crippen molar-refractivity contribution in [1.82, 2.24) is 5.43 Å². The van der Waals surface area contributed by atoms with Crippen LogP contribution in [0.5, 0.6) is 5.75 Å². The van der Waals surface area contributed by atoms with Crippen LogP contribution in [0.25, 0.3) is 6.08 Å². The van der Waals surface area contributed by atoms with Crippen molar-refractivity contribution in [1.29, 1.82) is 0 Å². The summed E-state index contributed by atoms with van der Waals surface area (Å²) in [6.45, 7) is 0.406. The topological polar surface area (TPSA) is 80.1 Å². The maximum Gasteiger partial charge on any atom is 0.285 e. The van der Waals surface area contributed by atoms with Gasteiger partial charge in [-0.15, -0.1) is 4.40 Å². The van der Waals surface area contributed by atoms with E-state index in [4.69, 9.17) is 4.74 Å². The summed E-state index contributed by atoms with van der Waals surface area (Å²) in [4.78, 5) is 0.192. The molecule has 2 heterocycles. The third-order valence-corrected chi connectivity index (χ3v) is 5.02. The van der Waals surface area contributed by atoms with Crippen molar-refractivity contribution in [2.24, 2.45) is 9.50 Å². The average molecular weight is 339 g/mol. The van der Waals surface area contributed by atoms with Gasteiger partial charge >= 0.3 is 0 Å². The Hall–Kier alpha value is -2.93. The van der Waals surface area contributed by atoms with E-state index in [9.17, 15) is 8.42 Å². The van der Waals surface area contributed by atoms with E-state index in [1.165, 1.54) is 6.07 Å². The minimum atomic E-state index is -3.64. The van der Waals surface area contributed by atoms with Gasteiger partial charge in [-0.05, 0) is 24.3 Å². The SMILES string of the molecule is O=S1(=O)N=C(NN=CC2=Cc3ccccc3OC2)c2ccccc21. The predicted octanol–water partition coefficient (Wildman–Crippen LogP) is 2.19. The lowest BCUT2D eigenvalue weighted by Crippen LogP contribution is -2.18. The summed E-state index contributed by atoms with van der Waals surface area (Å²) < 4.78 is 33.3. The average Bonchev–Trinajstić information content (AvgIpc) is 2.86. The van der Waals surface area contributed by atoms with Crippen LogP contribution in [0.3, 0.4) is 0 Å². The molecule has 0 saturated carbocycles. The lowest BCUT2D eigenvalue weighted by atomic mass is 10.1. The highest BCUT2D eigenvalue weighted by atomic mass is 32.2. The molecule has 0 fully saturated rings. The minimum absolute atomic E-state index is 0.192. The molecule has 0 amide bonds. The lowest BCUT2D eigenvalue weighted by Gasteiger charge is -2.15. The van der Waals surface area contributed by atoms with Gasteiger partial charge in [-0.2, -0.15) is 13.5 Å². The fourth-order valence-corrected chi connectivity index (χ4v) is 3.74. The van der Waals surface area contributed by atoms with Crippen LogP contribution in [0.15, 0.2) is 68.5 Å². The molecule has 0 saturated heterocycles. The molecule has 0 bridgehead atoms. The van der Waals surface area contributed by atoms with Crippen molar-refractivity contribution in [3.05, 3.63) is 65.2 Å². The molecule has 7 heteroatoms. The molecule has 2 aromatic carbocycles. The van der Waals surface area contributed by atoms with E-state index in [1.54, 1.807) is 24.4 Å². The van der Waals surface area contributed by atoms with E-state index in [0.29, 0.717) is 12.2 Å². The number of hydrazone groups is 1. The van der Waals surface area contributed by atoms with Crippen LogP contribution < -0.4 is 10.2 Å². The van der Waals surface area contributed by atoms with Crippen LogP contribution in [-0.4, -0.2) is 27.1 Å². The fraction of sp³-hybridized carbons (Fsp3) is 0.0588. The van der Waals surface area contributed by atoms with Gasteiger partial charge in [-0.1, -0.05) is 30.3 Å². The first-order valence-electron chi connectivity index (χ1n) is 7.29. The molecule has 0 aromatic heterocycles. The Morgan fingerprint density at radius 2 is 1.92 bits per heavy atom. The molecule has 0 spiro atoms. The normalized spacial score (nSPS) is 17.5. The molecule has 0 aliphatic carbocycles. The summed E-state index contributed by atoms with van der Waals surface area (Å²) in [6.07, 6.45) is 3.58. The molecule has 0 unspecified atom stereocenters. The van der Waals surface area contributed by atoms with E-state index in [2.05, 4.69) is 14.9 Å². The Balaban J connectivity index is 1.55. The molecular weight excluding hydrogens is 326 g/mol. The number of sulfonamides is 1. The molecule has 0 radical (unpaired) electrons. The van der Waals surface area contributed by atoms with E-state index in [0.717, 1.165) is 16.9 Å². The van der Waals surface area contributed by atoms with Crippen LogP contribution in [0, 0.1) is 0 Å². The van der Waals surface area contributed by atoms with Crippen molar-refractivity contribution < 1.29 is 13.2 Å². The van der Waals surface area contributed by atoms with Crippen LogP contribution in [-0.2, 0) is 10.0 Å². The number of hydrogen-bond donors (Lipinski definition) is 1. The molecular formula is C17H13N3O3S. The Morgan fingerprint density at radius 1 is 1.12 bits per heavy atom. The van der Waals surface area contributed by atoms with Gasteiger partial charge in [0.15, 0.2) is 5.84 Å². The van der Waals surface area contributed by atoms with Crippen molar-refractivity contribution in [3.8, 4) is 5.75 Å². The summed E-state index contributed by atoms with van der Waals surface area (Å²) >= 11 is 0. The van der Waals surface area contributed by atoms with Crippen molar-refractivity contribution in [2.75, 3.05) is 6.61 Å². The molecule has 2 aliphatic heterocycles. The van der Waals surface area contributed by atoms with Gasteiger partial charge in [0.2, 0.25) is 0 Å². The third kappa shape index (κ3) is 2.59. The van der Waals surface area contributed by atoms with E-state index in [1.807, 2.05) is 30.3 Å². The first kappa shape index (κ1) is 14.6. The highest BCUT2D eigenvalue weighted by Gasteiger charge is 2.28. The smallest absolute Gasteiger partial charge is 0.285 e. The van der Waals surface area contributed by atoms with Gasteiger partial charge in [-0.3, -0.25) is 5.43 Å². The standard InChI is InChI=1S/C17H13N3O3S/c21-24(22)16-8-4-2-6-14(16)17(20-24)19-18-10-12-9-13-5-1-3-7-15(13)23-11-12/h1-10H,11H2,(H,19,20). The first-order valence-corrected chi connectivity index (χ1v) is 8.73. The molecule has 2 aromatic rings. The maximum atomic E-state index is 12.0. The molecule has 24 heavy (non-hydrogen) atoms. The number of benzene rings is 2. The van der Waals surface area contributed by atoms with Gasteiger partial charge < -0.3 is 4.74 Å². The third-order valence-electron chi connectivity index (χ3n) is 3.69. The van der Waals surface area contributed by atoms with Crippen LogP contribution in [0.2, 0.25) is 0 Å². The van der Waals surface area contributed by atoms with E-state index < -0.39 is 10.0 Å². The Morgan fingerprint density at radius 3 is 2.83 bits per heavy atom. The number of amidine groups is 1. The summed E-state index contributed by atoms with van der Waals surface area (Å²) in [5.74, 6) is 1.06. The number of ether oxygens (including phenoxy) is 1. The minimum Gasteiger partial charge on any atom is -0.488 e. The summed E-state index contributed by atoms with van der Waals surface area (Å²) in [6, 6.07) is 14.4. The van der Waals surface area contributed by atoms with Crippen LogP contribution in [0.1, 0.15) is 11.1 Å². The van der Waals surface area contributed by atoms with Gasteiger partial charge in [0.05, 0.1) is 6.21 Å². The Kier molecular flexibility index (Phi) is 3.42. The number of rotatable bonds is 2. The molecule has 0 atom stereocenters.